The number of methoxy groups -OCH3 is 1. The second-order valence-electron chi connectivity index (χ2n) is 4.31. The second-order valence-corrected chi connectivity index (χ2v) is 5.26. The molecule has 0 saturated heterocycles. The molecule has 1 heterocycles. The summed E-state index contributed by atoms with van der Waals surface area (Å²) < 4.78 is 5.37. The molecule has 1 aromatic heterocycles. The van der Waals surface area contributed by atoms with Crippen LogP contribution in [0.2, 0.25) is 0 Å². The Morgan fingerprint density at radius 2 is 2.06 bits per heavy atom. The zero-order chi connectivity index (χ0) is 13.1. The second kappa shape index (κ2) is 5.52. The van der Waals surface area contributed by atoms with Gasteiger partial charge in [-0.25, -0.2) is 5.43 Å². The molecule has 0 aliphatic heterocycles. The fraction of sp³-hybridized carbons (Fsp3) is 0.286. The molecule has 1 aromatic carbocycles. The highest BCUT2D eigenvalue weighted by atomic mass is 32.1. The molecular formula is C14H18N2OS. The number of rotatable bonds is 4. The molecular weight excluding hydrogens is 244 g/mol. The van der Waals surface area contributed by atoms with Gasteiger partial charge in [-0.3, -0.25) is 5.84 Å². The average Bonchev–Trinajstić information content (AvgIpc) is 2.81. The Morgan fingerprint density at radius 1 is 1.28 bits per heavy atom. The summed E-state index contributed by atoms with van der Waals surface area (Å²) in [6, 6.07) is 8.33. The summed E-state index contributed by atoms with van der Waals surface area (Å²) in [6.45, 7) is 4.19. The molecule has 4 heteroatoms. The Kier molecular flexibility index (Phi) is 4.01. The molecule has 1 unspecified atom stereocenters. The first-order valence-electron chi connectivity index (χ1n) is 5.82. The summed E-state index contributed by atoms with van der Waals surface area (Å²) >= 11 is 1.65. The number of nitrogens with two attached hydrogens (primary N) is 1. The third-order valence-corrected chi connectivity index (χ3v) is 4.01. The van der Waals surface area contributed by atoms with E-state index in [4.69, 9.17) is 10.6 Å². The van der Waals surface area contributed by atoms with Gasteiger partial charge in [0, 0.05) is 0 Å². The first-order valence-corrected chi connectivity index (χ1v) is 6.70. The number of hydrogen-bond donors (Lipinski definition) is 2. The predicted octanol–water partition coefficient (Wildman–Crippen LogP) is 2.93. The van der Waals surface area contributed by atoms with Crippen LogP contribution in [0.5, 0.6) is 5.75 Å². The van der Waals surface area contributed by atoms with E-state index in [-0.39, 0.29) is 6.04 Å². The molecule has 96 valence electrons. The molecule has 0 radical (unpaired) electrons. The van der Waals surface area contributed by atoms with Crippen molar-refractivity contribution < 1.29 is 4.74 Å². The van der Waals surface area contributed by atoms with Crippen LogP contribution in [0.1, 0.15) is 27.6 Å². The molecule has 2 rings (SSSR count). The van der Waals surface area contributed by atoms with E-state index >= 15 is 0 Å². The van der Waals surface area contributed by atoms with Gasteiger partial charge in [-0.05, 0) is 36.4 Å². The Labute approximate surface area is 112 Å². The number of aryl methyl sites for hydroxylation is 2. The van der Waals surface area contributed by atoms with E-state index in [1.54, 1.807) is 18.4 Å². The van der Waals surface area contributed by atoms with Gasteiger partial charge in [-0.2, -0.15) is 0 Å². The number of thiophene rings is 1. The fourth-order valence-electron chi connectivity index (χ4n) is 2.14. The number of benzene rings is 1. The molecule has 0 spiro atoms. The Balaban J connectivity index is 2.45. The molecule has 0 amide bonds. The summed E-state index contributed by atoms with van der Waals surface area (Å²) in [6.07, 6.45) is 0. The molecule has 0 bridgehead atoms. The number of hydrogen-bond acceptors (Lipinski definition) is 4. The van der Waals surface area contributed by atoms with Gasteiger partial charge in [-0.15, -0.1) is 11.3 Å². The molecule has 0 aliphatic carbocycles. The highest BCUT2D eigenvalue weighted by Gasteiger charge is 2.19. The first kappa shape index (κ1) is 13.1. The number of hydrazine groups is 1. The van der Waals surface area contributed by atoms with E-state index in [1.165, 1.54) is 16.7 Å². The van der Waals surface area contributed by atoms with Gasteiger partial charge >= 0.3 is 0 Å². The Hall–Kier alpha value is -1.36. The van der Waals surface area contributed by atoms with E-state index in [0.717, 1.165) is 10.6 Å². The van der Waals surface area contributed by atoms with Crippen molar-refractivity contribution in [2.24, 2.45) is 5.84 Å². The summed E-state index contributed by atoms with van der Waals surface area (Å²) in [7, 11) is 1.68. The maximum Gasteiger partial charge on any atom is 0.134 e. The maximum atomic E-state index is 5.73. The Morgan fingerprint density at radius 3 is 2.67 bits per heavy atom. The topological polar surface area (TPSA) is 47.3 Å². The summed E-state index contributed by atoms with van der Waals surface area (Å²) in [4.78, 5) is 1.10. The van der Waals surface area contributed by atoms with Crippen LogP contribution in [-0.2, 0) is 0 Å². The van der Waals surface area contributed by atoms with E-state index in [9.17, 15) is 0 Å². The molecule has 0 aliphatic rings. The molecule has 0 fully saturated rings. The summed E-state index contributed by atoms with van der Waals surface area (Å²) in [5.41, 5.74) is 6.56. The molecule has 3 N–H and O–H groups in total. The zero-order valence-electron chi connectivity index (χ0n) is 10.9. The van der Waals surface area contributed by atoms with E-state index in [2.05, 4.69) is 37.5 Å². The largest absolute Gasteiger partial charge is 0.496 e. The first-order chi connectivity index (χ1) is 8.67. The van der Waals surface area contributed by atoms with Crippen molar-refractivity contribution in [3.05, 3.63) is 51.2 Å². The van der Waals surface area contributed by atoms with Crippen molar-refractivity contribution >= 4 is 11.3 Å². The van der Waals surface area contributed by atoms with Crippen LogP contribution in [0.3, 0.4) is 0 Å². The van der Waals surface area contributed by atoms with Crippen LogP contribution in [-0.4, -0.2) is 7.11 Å². The van der Waals surface area contributed by atoms with Crippen LogP contribution >= 0.6 is 11.3 Å². The number of ether oxygens (including phenoxy) is 1. The van der Waals surface area contributed by atoms with Crippen molar-refractivity contribution in [3.8, 4) is 5.75 Å². The molecule has 2 aromatic rings. The monoisotopic (exact) mass is 262 g/mol. The van der Waals surface area contributed by atoms with Gasteiger partial charge in [0.1, 0.15) is 5.75 Å². The van der Waals surface area contributed by atoms with Gasteiger partial charge < -0.3 is 4.74 Å². The van der Waals surface area contributed by atoms with Gasteiger partial charge in [0.05, 0.1) is 18.0 Å². The van der Waals surface area contributed by atoms with Crippen LogP contribution in [0.4, 0.5) is 0 Å². The predicted molar refractivity (Wildman–Crippen MR) is 76.0 cm³/mol. The van der Waals surface area contributed by atoms with Gasteiger partial charge in [0.15, 0.2) is 0 Å². The van der Waals surface area contributed by atoms with E-state index < -0.39 is 0 Å². The van der Waals surface area contributed by atoms with Crippen molar-refractivity contribution in [2.75, 3.05) is 7.11 Å². The molecule has 18 heavy (non-hydrogen) atoms. The lowest BCUT2D eigenvalue weighted by atomic mass is 9.98. The smallest absolute Gasteiger partial charge is 0.134 e. The SMILES string of the molecule is COc1ccsc1C(NN)c1ccc(C)cc1C. The molecule has 0 saturated carbocycles. The van der Waals surface area contributed by atoms with Crippen molar-refractivity contribution in [3.63, 3.8) is 0 Å². The highest BCUT2D eigenvalue weighted by molar-refractivity contribution is 7.10. The van der Waals surface area contributed by atoms with Crippen molar-refractivity contribution in [1.82, 2.24) is 5.43 Å². The minimum Gasteiger partial charge on any atom is -0.496 e. The van der Waals surface area contributed by atoms with Crippen molar-refractivity contribution in [1.29, 1.82) is 0 Å². The molecule has 1 atom stereocenters. The lowest BCUT2D eigenvalue weighted by Gasteiger charge is -2.19. The highest BCUT2D eigenvalue weighted by Crippen LogP contribution is 2.35. The van der Waals surface area contributed by atoms with Crippen LogP contribution in [0.15, 0.2) is 29.6 Å². The third-order valence-electron chi connectivity index (χ3n) is 3.04. The van der Waals surface area contributed by atoms with Gasteiger partial charge in [0.25, 0.3) is 0 Å². The number of nitrogens with one attached hydrogen (secondary N) is 1. The van der Waals surface area contributed by atoms with Crippen molar-refractivity contribution in [2.45, 2.75) is 19.9 Å². The van der Waals surface area contributed by atoms with Gasteiger partial charge in [-0.1, -0.05) is 23.8 Å². The standard InChI is InChI=1S/C14H18N2OS/c1-9-4-5-11(10(2)8-9)13(16-15)14-12(17-3)6-7-18-14/h4-8,13,16H,15H2,1-3H3. The molecule has 3 nitrogen and oxygen atoms in total. The summed E-state index contributed by atoms with van der Waals surface area (Å²) in [5.74, 6) is 6.61. The van der Waals surface area contributed by atoms with Crippen LogP contribution in [0, 0.1) is 13.8 Å². The lowest BCUT2D eigenvalue weighted by Crippen LogP contribution is -2.29. The summed E-state index contributed by atoms with van der Waals surface area (Å²) in [5, 5.41) is 2.02. The van der Waals surface area contributed by atoms with E-state index in [1.807, 2.05) is 11.4 Å². The lowest BCUT2D eigenvalue weighted by molar-refractivity contribution is 0.407. The van der Waals surface area contributed by atoms with Crippen LogP contribution < -0.4 is 16.0 Å². The minimum absolute atomic E-state index is 0.0273. The van der Waals surface area contributed by atoms with E-state index in [0.29, 0.717) is 0 Å². The van der Waals surface area contributed by atoms with Crippen LogP contribution in [0.25, 0.3) is 0 Å². The normalized spacial score (nSPS) is 12.4. The van der Waals surface area contributed by atoms with Gasteiger partial charge in [0.2, 0.25) is 0 Å². The fourth-order valence-corrected chi connectivity index (χ4v) is 3.08. The average molecular weight is 262 g/mol. The Bertz CT molecular complexity index is 536. The third kappa shape index (κ3) is 2.41. The zero-order valence-corrected chi connectivity index (χ0v) is 11.7. The minimum atomic E-state index is -0.0273. The maximum absolute atomic E-state index is 5.73. The quantitative estimate of drug-likeness (QED) is 0.658.